The van der Waals surface area contributed by atoms with Crippen LogP contribution in [-0.4, -0.2) is 21.8 Å². The zero-order chi connectivity index (χ0) is 9.90. The van der Waals surface area contributed by atoms with Gasteiger partial charge < -0.3 is 14.6 Å². The first-order valence-electron chi connectivity index (χ1n) is 3.96. The number of carbonyl (C=O) groups is 1. The molecule has 1 aromatic heterocycles. The summed E-state index contributed by atoms with van der Waals surface area (Å²) in [4.78, 5) is 10.4. The zero-order valence-electron chi connectivity index (χ0n) is 7.36. The van der Waals surface area contributed by atoms with Crippen molar-refractivity contribution in [2.24, 2.45) is 0 Å². The molecule has 4 nitrogen and oxygen atoms in total. The molecule has 0 saturated heterocycles. The average Bonchev–Trinajstić information content (AvgIpc) is 2.34. The van der Waals surface area contributed by atoms with Crippen LogP contribution in [0.3, 0.4) is 0 Å². The van der Waals surface area contributed by atoms with Crippen molar-refractivity contribution in [2.75, 3.05) is 0 Å². The summed E-state index contributed by atoms with van der Waals surface area (Å²) in [7, 11) is 0. The highest BCUT2D eigenvalue weighted by molar-refractivity contribution is 5.68. The Kier molecular flexibility index (Phi) is 2.72. The molecule has 13 heavy (non-hydrogen) atoms. The number of aliphatic carboxylic acids is 1. The molecule has 4 heteroatoms. The molecule has 0 fully saturated rings. The topological polar surface area (TPSA) is 70.7 Å². The smallest absolute Gasteiger partial charge is 0.306 e. The van der Waals surface area contributed by atoms with Gasteiger partial charge in [0.05, 0.1) is 18.3 Å². The zero-order valence-corrected chi connectivity index (χ0v) is 7.36. The summed E-state index contributed by atoms with van der Waals surface area (Å²) >= 11 is 0. The van der Waals surface area contributed by atoms with E-state index < -0.39 is 11.6 Å². The lowest BCUT2D eigenvalue weighted by molar-refractivity contribution is -0.141. The molecule has 0 radical (unpaired) electrons. The van der Waals surface area contributed by atoms with E-state index in [2.05, 4.69) is 0 Å². The number of hydrogen-bond acceptors (Lipinski definition) is 3. The molecule has 1 heterocycles. The van der Waals surface area contributed by atoms with Gasteiger partial charge in [0, 0.05) is 6.42 Å². The summed E-state index contributed by atoms with van der Waals surface area (Å²) in [5.41, 5.74) is -1.25. The number of carboxylic acids is 1. The molecule has 0 aliphatic rings. The third-order valence-corrected chi connectivity index (χ3v) is 1.67. The Bertz CT molecular complexity index is 274. The molecule has 72 valence electrons. The third-order valence-electron chi connectivity index (χ3n) is 1.67. The minimum absolute atomic E-state index is 0.215. The van der Waals surface area contributed by atoms with Crippen LogP contribution < -0.4 is 0 Å². The normalized spacial score (nSPS) is 15.2. The third kappa shape index (κ3) is 3.29. The van der Waals surface area contributed by atoms with Crippen LogP contribution in [0.5, 0.6) is 0 Å². The van der Waals surface area contributed by atoms with E-state index in [-0.39, 0.29) is 12.8 Å². The Hall–Kier alpha value is -1.29. The number of furan rings is 1. The lowest BCUT2D eigenvalue weighted by atomic mass is 9.97. The maximum Gasteiger partial charge on any atom is 0.306 e. The van der Waals surface area contributed by atoms with Crippen molar-refractivity contribution in [2.45, 2.75) is 25.4 Å². The van der Waals surface area contributed by atoms with Crippen molar-refractivity contribution in [3.05, 3.63) is 24.2 Å². The van der Waals surface area contributed by atoms with E-state index in [9.17, 15) is 9.90 Å². The van der Waals surface area contributed by atoms with Gasteiger partial charge in [0.1, 0.15) is 5.76 Å². The molecule has 0 saturated carbocycles. The first kappa shape index (κ1) is 9.80. The fourth-order valence-electron chi connectivity index (χ4n) is 1.18. The van der Waals surface area contributed by atoms with Crippen molar-refractivity contribution in [3.8, 4) is 0 Å². The van der Waals surface area contributed by atoms with Gasteiger partial charge in [-0.1, -0.05) is 0 Å². The second-order valence-electron chi connectivity index (χ2n) is 3.32. The van der Waals surface area contributed by atoms with Crippen LogP contribution in [0.25, 0.3) is 0 Å². The van der Waals surface area contributed by atoms with Gasteiger partial charge in [0.2, 0.25) is 0 Å². The summed E-state index contributed by atoms with van der Waals surface area (Å²) in [6.45, 7) is 1.48. The molecule has 1 aromatic rings. The molecule has 2 N–H and O–H groups in total. The minimum atomic E-state index is -1.25. The second-order valence-corrected chi connectivity index (χ2v) is 3.32. The molecule has 1 unspecified atom stereocenters. The van der Waals surface area contributed by atoms with Crippen LogP contribution in [0.2, 0.25) is 0 Å². The Morgan fingerprint density at radius 3 is 2.85 bits per heavy atom. The highest BCUT2D eigenvalue weighted by atomic mass is 16.4. The molecule has 0 aromatic carbocycles. The van der Waals surface area contributed by atoms with Gasteiger partial charge in [-0.2, -0.15) is 0 Å². The Morgan fingerprint density at radius 1 is 1.69 bits per heavy atom. The van der Waals surface area contributed by atoms with Gasteiger partial charge in [-0.25, -0.2) is 0 Å². The van der Waals surface area contributed by atoms with E-state index >= 15 is 0 Å². The van der Waals surface area contributed by atoms with Crippen molar-refractivity contribution < 1.29 is 19.4 Å². The van der Waals surface area contributed by atoms with E-state index in [0.29, 0.717) is 5.76 Å². The molecule has 0 spiro atoms. The maximum absolute atomic E-state index is 10.4. The summed E-state index contributed by atoms with van der Waals surface area (Å²) in [5, 5.41) is 18.1. The summed E-state index contributed by atoms with van der Waals surface area (Å²) in [5.74, 6) is -0.428. The maximum atomic E-state index is 10.4. The number of rotatable bonds is 4. The molecular formula is C9H12O4. The van der Waals surface area contributed by atoms with E-state index in [1.807, 2.05) is 0 Å². The van der Waals surface area contributed by atoms with Crippen LogP contribution >= 0.6 is 0 Å². The molecular weight excluding hydrogens is 172 g/mol. The molecule has 0 aliphatic heterocycles. The summed E-state index contributed by atoms with van der Waals surface area (Å²) in [6, 6.07) is 3.41. The Balaban J connectivity index is 2.56. The van der Waals surface area contributed by atoms with Crippen molar-refractivity contribution in [1.82, 2.24) is 0 Å². The van der Waals surface area contributed by atoms with Gasteiger partial charge in [0.25, 0.3) is 0 Å². The first-order valence-corrected chi connectivity index (χ1v) is 3.96. The largest absolute Gasteiger partial charge is 0.481 e. The van der Waals surface area contributed by atoms with Gasteiger partial charge >= 0.3 is 5.97 Å². The van der Waals surface area contributed by atoms with Crippen LogP contribution in [-0.2, 0) is 11.2 Å². The predicted octanol–water partition coefficient (Wildman–Crippen LogP) is 1.05. The van der Waals surface area contributed by atoms with E-state index in [4.69, 9.17) is 9.52 Å². The molecule has 0 amide bonds. The van der Waals surface area contributed by atoms with Gasteiger partial charge in [-0.3, -0.25) is 4.79 Å². The minimum Gasteiger partial charge on any atom is -0.481 e. The second kappa shape index (κ2) is 3.62. The van der Waals surface area contributed by atoms with Crippen molar-refractivity contribution in [1.29, 1.82) is 0 Å². The number of aliphatic hydroxyl groups is 1. The highest BCUT2D eigenvalue weighted by Gasteiger charge is 2.25. The van der Waals surface area contributed by atoms with Crippen molar-refractivity contribution in [3.63, 3.8) is 0 Å². The van der Waals surface area contributed by atoms with E-state index in [1.54, 1.807) is 12.1 Å². The Labute approximate surface area is 75.8 Å². The molecule has 1 atom stereocenters. The standard InChI is InChI=1S/C9H12O4/c1-9(12,6-8(10)11)5-7-3-2-4-13-7/h2-4,12H,5-6H2,1H3,(H,10,11). The van der Waals surface area contributed by atoms with Crippen molar-refractivity contribution >= 4 is 5.97 Å². The highest BCUT2D eigenvalue weighted by Crippen LogP contribution is 2.16. The lowest BCUT2D eigenvalue weighted by Crippen LogP contribution is -2.30. The molecule has 0 bridgehead atoms. The molecule has 0 aliphatic carbocycles. The van der Waals surface area contributed by atoms with Gasteiger partial charge in [-0.15, -0.1) is 0 Å². The number of hydrogen-bond donors (Lipinski definition) is 2. The number of carboxylic acid groups (broad SMARTS) is 1. The molecule has 1 rings (SSSR count). The van der Waals surface area contributed by atoms with E-state index in [1.165, 1.54) is 13.2 Å². The average molecular weight is 184 g/mol. The fraction of sp³-hybridized carbons (Fsp3) is 0.444. The quantitative estimate of drug-likeness (QED) is 0.733. The van der Waals surface area contributed by atoms with Crippen LogP contribution in [0.15, 0.2) is 22.8 Å². The van der Waals surface area contributed by atoms with Gasteiger partial charge in [0.15, 0.2) is 0 Å². The predicted molar refractivity (Wildman–Crippen MR) is 45.3 cm³/mol. The fourth-order valence-corrected chi connectivity index (χ4v) is 1.18. The van der Waals surface area contributed by atoms with E-state index in [0.717, 1.165) is 0 Å². The van der Waals surface area contributed by atoms with Crippen LogP contribution in [0, 0.1) is 0 Å². The van der Waals surface area contributed by atoms with Gasteiger partial charge in [-0.05, 0) is 19.1 Å². The monoisotopic (exact) mass is 184 g/mol. The summed E-state index contributed by atoms with van der Waals surface area (Å²) in [6.07, 6.45) is 1.42. The van der Waals surface area contributed by atoms with Crippen LogP contribution in [0.4, 0.5) is 0 Å². The Morgan fingerprint density at radius 2 is 2.38 bits per heavy atom. The SMILES string of the molecule is CC(O)(CC(=O)O)Cc1ccco1. The first-order chi connectivity index (χ1) is 5.99. The van der Waals surface area contributed by atoms with Crippen LogP contribution in [0.1, 0.15) is 19.1 Å². The lowest BCUT2D eigenvalue weighted by Gasteiger charge is -2.19. The summed E-state index contributed by atoms with van der Waals surface area (Å²) < 4.78 is 5.00.